The van der Waals surface area contributed by atoms with E-state index in [2.05, 4.69) is 20.4 Å². The number of hydrogen-bond donors (Lipinski definition) is 1. The Kier molecular flexibility index (Phi) is 5.81. The number of hydrogen-bond acceptors (Lipinski definition) is 6. The van der Waals surface area contributed by atoms with Gasteiger partial charge in [-0.1, -0.05) is 0 Å². The van der Waals surface area contributed by atoms with Crippen molar-refractivity contribution in [3.63, 3.8) is 0 Å². The molecule has 29 heavy (non-hydrogen) atoms. The number of ether oxygens (including phenoxy) is 2. The number of nitrogens with zero attached hydrogens (tertiary/aromatic N) is 4. The number of carbonyl (C=O) groups excluding carboxylic acids is 1. The summed E-state index contributed by atoms with van der Waals surface area (Å²) in [4.78, 5) is 21.6. The zero-order valence-electron chi connectivity index (χ0n) is 17.5. The number of nitrogens with one attached hydrogen (secondary N) is 1. The van der Waals surface area contributed by atoms with E-state index < -0.39 is 0 Å². The van der Waals surface area contributed by atoms with E-state index in [0.717, 1.165) is 28.3 Å². The van der Waals surface area contributed by atoms with Crippen molar-refractivity contribution in [2.75, 3.05) is 19.5 Å². The lowest BCUT2D eigenvalue weighted by molar-refractivity contribution is -0.115. The summed E-state index contributed by atoms with van der Waals surface area (Å²) in [5.41, 5.74) is 4.84. The minimum Gasteiger partial charge on any atom is -0.493 e. The molecular weight excluding hydrogens is 370 g/mol. The molecule has 0 aliphatic carbocycles. The van der Waals surface area contributed by atoms with Crippen molar-refractivity contribution >= 4 is 11.6 Å². The molecule has 0 saturated carbocycles. The van der Waals surface area contributed by atoms with Crippen molar-refractivity contribution in [2.24, 2.45) is 0 Å². The lowest BCUT2D eigenvalue weighted by Gasteiger charge is -2.11. The smallest absolute Gasteiger partial charge is 0.251 e. The molecule has 0 saturated heterocycles. The monoisotopic (exact) mass is 395 g/mol. The molecule has 0 aliphatic rings. The third-order valence-corrected chi connectivity index (χ3v) is 4.61. The molecule has 152 valence electrons. The van der Waals surface area contributed by atoms with E-state index >= 15 is 0 Å². The maximum atomic E-state index is 12.6. The third-order valence-electron chi connectivity index (χ3n) is 4.61. The van der Waals surface area contributed by atoms with Gasteiger partial charge in [-0.05, 0) is 45.9 Å². The summed E-state index contributed by atoms with van der Waals surface area (Å²) in [5, 5.41) is 7.44. The number of rotatable bonds is 6. The van der Waals surface area contributed by atoms with Gasteiger partial charge in [0, 0.05) is 34.4 Å². The first-order valence-electron chi connectivity index (χ1n) is 9.22. The van der Waals surface area contributed by atoms with Gasteiger partial charge in [0.25, 0.3) is 5.95 Å². The summed E-state index contributed by atoms with van der Waals surface area (Å²) >= 11 is 0. The molecule has 3 rings (SSSR count). The molecular formula is C21H25N5O3. The van der Waals surface area contributed by atoms with E-state index in [0.29, 0.717) is 23.1 Å². The van der Waals surface area contributed by atoms with Gasteiger partial charge < -0.3 is 14.8 Å². The fraction of sp³-hybridized carbons (Fsp3) is 0.333. The van der Waals surface area contributed by atoms with Crippen molar-refractivity contribution in [1.82, 2.24) is 19.7 Å². The SMILES string of the molecule is COc1ccc(NC(=O)Cc2c(C)nn(-c3nc(C)cc(C)n3)c2C)cc1OC. The molecule has 8 heteroatoms. The summed E-state index contributed by atoms with van der Waals surface area (Å²) in [5.74, 6) is 1.52. The average Bonchev–Trinajstić information content (AvgIpc) is 2.95. The number of benzene rings is 1. The van der Waals surface area contributed by atoms with Gasteiger partial charge in [-0.3, -0.25) is 4.79 Å². The Hall–Kier alpha value is -3.42. The minimum atomic E-state index is -0.149. The molecule has 2 heterocycles. The largest absolute Gasteiger partial charge is 0.493 e. The number of anilines is 1. The van der Waals surface area contributed by atoms with E-state index in [4.69, 9.17) is 9.47 Å². The topological polar surface area (TPSA) is 91.2 Å². The fourth-order valence-corrected chi connectivity index (χ4v) is 3.21. The fourth-order valence-electron chi connectivity index (χ4n) is 3.21. The van der Waals surface area contributed by atoms with Crippen LogP contribution in [0.2, 0.25) is 0 Å². The number of aryl methyl sites for hydroxylation is 3. The van der Waals surface area contributed by atoms with Crippen LogP contribution in [0, 0.1) is 27.7 Å². The third kappa shape index (κ3) is 4.37. The van der Waals surface area contributed by atoms with Crippen molar-refractivity contribution in [3.8, 4) is 17.4 Å². The predicted octanol–water partition coefficient (Wildman–Crippen LogP) is 3.09. The van der Waals surface area contributed by atoms with Crippen LogP contribution in [0.5, 0.6) is 11.5 Å². The van der Waals surface area contributed by atoms with E-state index in [1.165, 1.54) is 0 Å². The normalized spacial score (nSPS) is 10.7. The second-order valence-corrected chi connectivity index (χ2v) is 6.81. The molecule has 8 nitrogen and oxygen atoms in total. The summed E-state index contributed by atoms with van der Waals surface area (Å²) in [6.45, 7) is 7.63. The highest BCUT2D eigenvalue weighted by molar-refractivity contribution is 5.92. The zero-order valence-corrected chi connectivity index (χ0v) is 17.5. The first kappa shape index (κ1) is 20.3. The van der Waals surface area contributed by atoms with E-state index in [1.54, 1.807) is 37.1 Å². The number of amides is 1. The molecule has 2 aromatic heterocycles. The second-order valence-electron chi connectivity index (χ2n) is 6.81. The Morgan fingerprint density at radius 3 is 2.28 bits per heavy atom. The van der Waals surface area contributed by atoms with Gasteiger partial charge in [-0.25, -0.2) is 14.6 Å². The zero-order chi connectivity index (χ0) is 21.1. The molecule has 0 bridgehead atoms. The molecule has 1 aromatic carbocycles. The summed E-state index contributed by atoms with van der Waals surface area (Å²) < 4.78 is 12.2. The Morgan fingerprint density at radius 2 is 1.66 bits per heavy atom. The summed E-state index contributed by atoms with van der Waals surface area (Å²) in [6, 6.07) is 7.15. The van der Waals surface area contributed by atoms with Gasteiger partial charge in [0.15, 0.2) is 11.5 Å². The molecule has 1 amide bonds. The van der Waals surface area contributed by atoms with Crippen LogP contribution in [-0.4, -0.2) is 39.9 Å². The summed E-state index contributed by atoms with van der Waals surface area (Å²) in [7, 11) is 3.12. The lowest BCUT2D eigenvalue weighted by Crippen LogP contribution is -2.15. The predicted molar refractivity (Wildman–Crippen MR) is 110 cm³/mol. The highest BCUT2D eigenvalue weighted by Gasteiger charge is 2.18. The maximum absolute atomic E-state index is 12.6. The Bertz CT molecular complexity index is 1040. The summed E-state index contributed by atoms with van der Waals surface area (Å²) in [6.07, 6.45) is 0.191. The van der Waals surface area contributed by atoms with E-state index in [9.17, 15) is 4.79 Å². The van der Waals surface area contributed by atoms with Crippen LogP contribution in [0.15, 0.2) is 24.3 Å². The van der Waals surface area contributed by atoms with Gasteiger partial charge in [0.05, 0.1) is 26.3 Å². The van der Waals surface area contributed by atoms with Gasteiger partial charge in [-0.2, -0.15) is 5.10 Å². The molecule has 0 unspecified atom stereocenters. The lowest BCUT2D eigenvalue weighted by atomic mass is 10.1. The van der Waals surface area contributed by atoms with Crippen LogP contribution in [0.1, 0.15) is 28.3 Å². The second kappa shape index (κ2) is 8.30. The molecule has 0 spiro atoms. The first-order chi connectivity index (χ1) is 13.8. The van der Waals surface area contributed by atoms with Crippen LogP contribution in [0.4, 0.5) is 5.69 Å². The Labute approximate surface area is 169 Å². The number of carbonyl (C=O) groups is 1. The van der Waals surface area contributed by atoms with E-state index in [-0.39, 0.29) is 12.3 Å². The van der Waals surface area contributed by atoms with Gasteiger partial charge in [0.2, 0.25) is 5.91 Å². The highest BCUT2D eigenvalue weighted by atomic mass is 16.5. The van der Waals surface area contributed by atoms with Crippen LogP contribution in [-0.2, 0) is 11.2 Å². The van der Waals surface area contributed by atoms with Crippen LogP contribution in [0.3, 0.4) is 0 Å². The van der Waals surface area contributed by atoms with Gasteiger partial charge in [0.1, 0.15) is 0 Å². The minimum absolute atomic E-state index is 0.149. The van der Waals surface area contributed by atoms with Crippen LogP contribution < -0.4 is 14.8 Å². The van der Waals surface area contributed by atoms with Crippen molar-refractivity contribution in [1.29, 1.82) is 0 Å². The average molecular weight is 395 g/mol. The molecule has 0 atom stereocenters. The number of methoxy groups -OCH3 is 2. The molecule has 0 radical (unpaired) electrons. The van der Waals surface area contributed by atoms with Crippen molar-refractivity contribution in [3.05, 3.63) is 52.6 Å². The molecule has 1 N–H and O–H groups in total. The standard InChI is InChI=1S/C21H25N5O3/c1-12-9-13(2)23-21(22-12)26-15(4)17(14(3)25-26)11-20(27)24-16-7-8-18(28-5)19(10-16)29-6/h7-10H,11H2,1-6H3,(H,24,27). The van der Waals surface area contributed by atoms with Crippen LogP contribution in [0.25, 0.3) is 5.95 Å². The number of aromatic nitrogens is 4. The highest BCUT2D eigenvalue weighted by Crippen LogP contribution is 2.30. The molecule has 0 aliphatic heterocycles. The maximum Gasteiger partial charge on any atom is 0.251 e. The van der Waals surface area contributed by atoms with Gasteiger partial charge >= 0.3 is 0 Å². The molecule has 3 aromatic rings. The Morgan fingerprint density at radius 1 is 1.00 bits per heavy atom. The van der Waals surface area contributed by atoms with E-state index in [1.807, 2.05) is 33.8 Å². The first-order valence-corrected chi connectivity index (χ1v) is 9.22. The van der Waals surface area contributed by atoms with Crippen molar-refractivity contribution in [2.45, 2.75) is 34.1 Å². The Balaban J connectivity index is 1.82. The molecule has 0 fully saturated rings. The van der Waals surface area contributed by atoms with Crippen molar-refractivity contribution < 1.29 is 14.3 Å². The van der Waals surface area contributed by atoms with Gasteiger partial charge in [-0.15, -0.1) is 0 Å². The quantitative estimate of drug-likeness (QED) is 0.690. The van der Waals surface area contributed by atoms with Crippen LogP contribution >= 0.6 is 0 Å².